The normalized spacial score (nSPS) is 10.2. The minimum Gasteiger partial charge on any atom is -0.368 e. The van der Waals surface area contributed by atoms with Gasteiger partial charge in [-0.1, -0.05) is 6.08 Å². The number of nitrogens with zero attached hydrogens (tertiary/aromatic N) is 3. The zero-order valence-electron chi connectivity index (χ0n) is 8.64. The standard InChI is InChI=1S/C10H16N4/c1-4-7-14(8(2)3)9-5-6-12-10(11)13-9/h4-6,8H,1,7H2,2-3H3,(H2,11,12,13). The van der Waals surface area contributed by atoms with Crippen LogP contribution in [0.2, 0.25) is 0 Å². The molecule has 1 aromatic rings. The van der Waals surface area contributed by atoms with Crippen LogP contribution < -0.4 is 10.6 Å². The summed E-state index contributed by atoms with van der Waals surface area (Å²) in [5.74, 6) is 1.14. The van der Waals surface area contributed by atoms with Gasteiger partial charge in [0.2, 0.25) is 5.95 Å². The van der Waals surface area contributed by atoms with Gasteiger partial charge in [0.1, 0.15) is 5.82 Å². The second kappa shape index (κ2) is 4.60. The summed E-state index contributed by atoms with van der Waals surface area (Å²) < 4.78 is 0. The maximum Gasteiger partial charge on any atom is 0.221 e. The van der Waals surface area contributed by atoms with Crippen molar-refractivity contribution in [3.8, 4) is 0 Å². The molecular formula is C10H16N4. The SMILES string of the molecule is C=CCN(c1ccnc(N)n1)C(C)C. The third-order valence-electron chi connectivity index (χ3n) is 1.90. The summed E-state index contributed by atoms with van der Waals surface area (Å²) >= 11 is 0. The predicted octanol–water partition coefficient (Wildman–Crippen LogP) is 1.46. The molecule has 0 saturated heterocycles. The van der Waals surface area contributed by atoms with Gasteiger partial charge >= 0.3 is 0 Å². The molecule has 4 heteroatoms. The molecule has 14 heavy (non-hydrogen) atoms. The summed E-state index contributed by atoms with van der Waals surface area (Å²) in [4.78, 5) is 10.1. The highest BCUT2D eigenvalue weighted by atomic mass is 15.2. The fourth-order valence-electron chi connectivity index (χ4n) is 1.23. The van der Waals surface area contributed by atoms with E-state index in [1.165, 1.54) is 0 Å². The molecule has 0 aliphatic heterocycles. The van der Waals surface area contributed by atoms with Gasteiger partial charge in [0.05, 0.1) is 0 Å². The summed E-state index contributed by atoms with van der Waals surface area (Å²) in [6.07, 6.45) is 3.51. The zero-order valence-corrected chi connectivity index (χ0v) is 8.64. The quantitative estimate of drug-likeness (QED) is 0.734. The Balaban J connectivity index is 2.92. The van der Waals surface area contributed by atoms with Crippen LogP contribution in [0.25, 0.3) is 0 Å². The summed E-state index contributed by atoms with van der Waals surface area (Å²) in [5.41, 5.74) is 5.52. The average molecular weight is 192 g/mol. The van der Waals surface area contributed by atoms with E-state index in [0.717, 1.165) is 12.4 Å². The largest absolute Gasteiger partial charge is 0.368 e. The number of anilines is 2. The first-order valence-electron chi connectivity index (χ1n) is 4.61. The van der Waals surface area contributed by atoms with Crippen molar-refractivity contribution >= 4 is 11.8 Å². The van der Waals surface area contributed by atoms with E-state index in [4.69, 9.17) is 5.73 Å². The first kappa shape index (κ1) is 10.5. The van der Waals surface area contributed by atoms with E-state index in [1.54, 1.807) is 6.20 Å². The first-order valence-corrected chi connectivity index (χ1v) is 4.61. The van der Waals surface area contributed by atoms with Gasteiger partial charge in [-0.15, -0.1) is 6.58 Å². The molecular weight excluding hydrogens is 176 g/mol. The predicted molar refractivity (Wildman–Crippen MR) is 59.1 cm³/mol. The maximum atomic E-state index is 5.52. The van der Waals surface area contributed by atoms with Gasteiger partial charge in [0, 0.05) is 18.8 Å². The van der Waals surface area contributed by atoms with E-state index in [-0.39, 0.29) is 0 Å². The van der Waals surface area contributed by atoms with E-state index in [0.29, 0.717) is 12.0 Å². The Morgan fingerprint density at radius 2 is 2.36 bits per heavy atom. The van der Waals surface area contributed by atoms with E-state index in [9.17, 15) is 0 Å². The molecule has 1 heterocycles. The summed E-state index contributed by atoms with van der Waals surface area (Å²) in [5, 5.41) is 0. The molecule has 0 aromatic carbocycles. The van der Waals surface area contributed by atoms with Crippen LogP contribution in [0.1, 0.15) is 13.8 Å². The van der Waals surface area contributed by atoms with Crippen molar-refractivity contribution in [1.82, 2.24) is 9.97 Å². The molecule has 0 aliphatic rings. The van der Waals surface area contributed by atoms with Crippen molar-refractivity contribution in [1.29, 1.82) is 0 Å². The summed E-state index contributed by atoms with van der Waals surface area (Å²) in [7, 11) is 0. The van der Waals surface area contributed by atoms with Crippen molar-refractivity contribution in [3.05, 3.63) is 24.9 Å². The van der Waals surface area contributed by atoms with Gasteiger partial charge in [-0.05, 0) is 19.9 Å². The van der Waals surface area contributed by atoms with Gasteiger partial charge in [-0.2, -0.15) is 4.98 Å². The van der Waals surface area contributed by atoms with Crippen molar-refractivity contribution in [2.24, 2.45) is 0 Å². The topological polar surface area (TPSA) is 55.0 Å². The third kappa shape index (κ3) is 2.45. The number of aromatic nitrogens is 2. The number of hydrogen-bond donors (Lipinski definition) is 1. The van der Waals surface area contributed by atoms with Crippen molar-refractivity contribution in [3.63, 3.8) is 0 Å². The molecule has 4 nitrogen and oxygen atoms in total. The van der Waals surface area contributed by atoms with Crippen LogP contribution in [0.3, 0.4) is 0 Å². The molecule has 2 N–H and O–H groups in total. The summed E-state index contributed by atoms with van der Waals surface area (Å²) in [6.45, 7) is 8.67. The Bertz CT molecular complexity index is 309. The second-order valence-corrected chi connectivity index (χ2v) is 3.31. The van der Waals surface area contributed by atoms with Crippen molar-refractivity contribution < 1.29 is 0 Å². The lowest BCUT2D eigenvalue weighted by Crippen LogP contribution is -2.31. The molecule has 0 atom stereocenters. The molecule has 0 saturated carbocycles. The minimum absolute atomic E-state index is 0.303. The van der Waals surface area contributed by atoms with Gasteiger partial charge in [0.25, 0.3) is 0 Å². The van der Waals surface area contributed by atoms with Crippen LogP contribution in [0.5, 0.6) is 0 Å². The van der Waals surface area contributed by atoms with E-state index in [1.807, 2.05) is 12.1 Å². The molecule has 1 aromatic heterocycles. The Morgan fingerprint density at radius 3 is 2.86 bits per heavy atom. The Hall–Kier alpha value is -1.58. The highest BCUT2D eigenvalue weighted by molar-refractivity contribution is 5.42. The Kier molecular flexibility index (Phi) is 3.45. The molecule has 0 amide bonds. The summed E-state index contributed by atoms with van der Waals surface area (Å²) in [6, 6.07) is 2.21. The van der Waals surface area contributed by atoms with Crippen LogP contribution >= 0.6 is 0 Å². The third-order valence-corrected chi connectivity index (χ3v) is 1.90. The van der Waals surface area contributed by atoms with Crippen LogP contribution in [-0.4, -0.2) is 22.6 Å². The number of hydrogen-bond acceptors (Lipinski definition) is 4. The van der Waals surface area contributed by atoms with Gasteiger partial charge in [0.15, 0.2) is 0 Å². The maximum absolute atomic E-state index is 5.52. The lowest BCUT2D eigenvalue weighted by atomic mass is 10.3. The van der Waals surface area contributed by atoms with E-state index in [2.05, 4.69) is 35.3 Å². The van der Waals surface area contributed by atoms with Crippen molar-refractivity contribution in [2.45, 2.75) is 19.9 Å². The number of rotatable bonds is 4. The highest BCUT2D eigenvalue weighted by Gasteiger charge is 2.09. The van der Waals surface area contributed by atoms with Crippen LogP contribution in [0, 0.1) is 0 Å². The molecule has 1 rings (SSSR count). The molecule has 0 unspecified atom stereocenters. The van der Waals surface area contributed by atoms with E-state index >= 15 is 0 Å². The second-order valence-electron chi connectivity index (χ2n) is 3.31. The molecule has 0 radical (unpaired) electrons. The molecule has 0 spiro atoms. The first-order chi connectivity index (χ1) is 6.65. The zero-order chi connectivity index (χ0) is 10.6. The van der Waals surface area contributed by atoms with Gasteiger partial charge in [-0.25, -0.2) is 4.98 Å². The van der Waals surface area contributed by atoms with Crippen LogP contribution in [-0.2, 0) is 0 Å². The van der Waals surface area contributed by atoms with Crippen molar-refractivity contribution in [2.75, 3.05) is 17.2 Å². The fraction of sp³-hybridized carbons (Fsp3) is 0.400. The number of nitrogens with two attached hydrogens (primary N) is 1. The molecule has 0 bridgehead atoms. The van der Waals surface area contributed by atoms with Gasteiger partial charge < -0.3 is 10.6 Å². The monoisotopic (exact) mass is 192 g/mol. The molecule has 0 fully saturated rings. The highest BCUT2D eigenvalue weighted by Crippen LogP contribution is 2.13. The smallest absolute Gasteiger partial charge is 0.221 e. The van der Waals surface area contributed by atoms with E-state index < -0.39 is 0 Å². The van der Waals surface area contributed by atoms with Crippen LogP contribution in [0.4, 0.5) is 11.8 Å². The average Bonchev–Trinajstić information content (AvgIpc) is 2.13. The fourth-order valence-corrected chi connectivity index (χ4v) is 1.23. The molecule has 0 aliphatic carbocycles. The molecule has 76 valence electrons. The lowest BCUT2D eigenvalue weighted by Gasteiger charge is -2.26. The van der Waals surface area contributed by atoms with Gasteiger partial charge in [-0.3, -0.25) is 0 Å². The number of nitrogen functional groups attached to an aromatic ring is 1. The minimum atomic E-state index is 0.303. The Morgan fingerprint density at radius 1 is 1.64 bits per heavy atom. The lowest BCUT2D eigenvalue weighted by molar-refractivity contribution is 0.712. The van der Waals surface area contributed by atoms with Crippen LogP contribution in [0.15, 0.2) is 24.9 Å². The Labute approximate surface area is 84.5 Å².